The second kappa shape index (κ2) is 10.2. The first kappa shape index (κ1) is 21.1. The van der Waals surface area contributed by atoms with Crippen LogP contribution in [0.4, 0.5) is 0 Å². The first-order valence-corrected chi connectivity index (χ1v) is 9.95. The molecule has 30 heavy (non-hydrogen) atoms. The Morgan fingerprint density at radius 2 is 1.73 bits per heavy atom. The summed E-state index contributed by atoms with van der Waals surface area (Å²) in [5.41, 5.74) is 3.06. The van der Waals surface area contributed by atoms with Crippen LogP contribution >= 0.6 is 0 Å². The Morgan fingerprint density at radius 1 is 0.933 bits per heavy atom. The second-order valence-electron chi connectivity index (χ2n) is 7.13. The molecule has 156 valence electrons. The minimum Gasteiger partial charge on any atom is -0.361 e. The van der Waals surface area contributed by atoms with Crippen molar-refractivity contribution in [3.05, 3.63) is 71.9 Å². The van der Waals surface area contributed by atoms with E-state index in [0.29, 0.717) is 19.4 Å². The monoisotopic (exact) mass is 406 g/mol. The summed E-state index contributed by atoms with van der Waals surface area (Å²) in [6.07, 6.45) is 2.77. The summed E-state index contributed by atoms with van der Waals surface area (Å²) in [5.74, 6) is -0.893. The van der Waals surface area contributed by atoms with Crippen LogP contribution in [0.5, 0.6) is 0 Å². The summed E-state index contributed by atoms with van der Waals surface area (Å²) in [5, 5.41) is 9.07. The molecule has 2 aromatic carbocycles. The molecule has 1 aromatic heterocycles. The number of hydrogen-bond acceptors (Lipinski definition) is 3. The van der Waals surface area contributed by atoms with E-state index in [-0.39, 0.29) is 18.4 Å². The Labute approximate surface area is 175 Å². The van der Waals surface area contributed by atoms with Gasteiger partial charge in [-0.05, 0) is 36.6 Å². The Morgan fingerprint density at radius 3 is 2.53 bits per heavy atom. The molecular formula is C23H26N4O3. The predicted molar refractivity (Wildman–Crippen MR) is 116 cm³/mol. The van der Waals surface area contributed by atoms with Crippen LogP contribution in [0.3, 0.4) is 0 Å². The van der Waals surface area contributed by atoms with Crippen LogP contribution in [-0.2, 0) is 27.3 Å². The zero-order chi connectivity index (χ0) is 21.3. The van der Waals surface area contributed by atoms with Crippen molar-refractivity contribution in [2.24, 2.45) is 0 Å². The quantitative estimate of drug-likeness (QED) is 0.437. The lowest BCUT2D eigenvalue weighted by atomic mass is 10.1. The van der Waals surface area contributed by atoms with Crippen LogP contribution in [0.2, 0.25) is 0 Å². The number of benzene rings is 2. The fraction of sp³-hybridized carbons (Fsp3) is 0.261. The van der Waals surface area contributed by atoms with E-state index >= 15 is 0 Å². The van der Waals surface area contributed by atoms with Gasteiger partial charge in [0.1, 0.15) is 6.04 Å². The van der Waals surface area contributed by atoms with Gasteiger partial charge in [-0.15, -0.1) is 0 Å². The number of carbonyl (C=O) groups is 3. The lowest BCUT2D eigenvalue weighted by molar-refractivity contribution is -0.129. The Bertz CT molecular complexity index is 1010. The predicted octanol–water partition coefficient (Wildman–Crippen LogP) is 2.04. The summed E-state index contributed by atoms with van der Waals surface area (Å²) in [6.45, 7) is 1.82. The number of carbonyl (C=O) groups excluding carboxylic acids is 3. The average molecular weight is 406 g/mol. The Hall–Kier alpha value is -3.61. The maximum absolute atomic E-state index is 12.3. The van der Waals surface area contributed by atoms with E-state index in [1.54, 1.807) is 6.92 Å². The normalized spacial score (nSPS) is 11.6. The van der Waals surface area contributed by atoms with E-state index in [9.17, 15) is 14.4 Å². The number of fused-ring (bicyclic) bond motifs is 1. The number of nitrogens with one attached hydrogen (secondary N) is 4. The number of aromatic nitrogens is 1. The Kier molecular flexibility index (Phi) is 7.21. The molecule has 3 rings (SSSR count). The summed E-state index contributed by atoms with van der Waals surface area (Å²) in [4.78, 5) is 39.4. The summed E-state index contributed by atoms with van der Waals surface area (Å²) < 4.78 is 0. The van der Waals surface area contributed by atoms with Gasteiger partial charge in [0.15, 0.2) is 0 Å². The number of aryl methyl sites for hydroxylation is 1. The molecule has 3 amide bonds. The lowest BCUT2D eigenvalue weighted by Crippen LogP contribution is -2.47. The highest BCUT2D eigenvalue weighted by molar-refractivity contribution is 5.90. The highest BCUT2D eigenvalue weighted by Gasteiger charge is 2.16. The molecule has 0 bridgehead atoms. The van der Waals surface area contributed by atoms with Crippen LogP contribution in [-0.4, -0.2) is 35.3 Å². The maximum atomic E-state index is 12.3. The molecule has 1 heterocycles. The number of rotatable bonds is 9. The van der Waals surface area contributed by atoms with Crippen LogP contribution in [0.15, 0.2) is 60.8 Å². The molecule has 0 spiro atoms. The standard InChI is InChI=1S/C23H26N4O3/c1-16(23(30)26-14-18-8-5-9-20-19(18)12-13-24-20)27-22(29)15-25-21(28)11-10-17-6-3-2-4-7-17/h2-9,12-13,16,24H,10-11,14-15H2,1H3,(H,25,28)(H,26,30)(H,27,29). The van der Waals surface area contributed by atoms with Gasteiger partial charge in [-0.25, -0.2) is 0 Å². The fourth-order valence-corrected chi connectivity index (χ4v) is 3.17. The van der Waals surface area contributed by atoms with Crippen molar-refractivity contribution in [3.63, 3.8) is 0 Å². The third-order valence-corrected chi connectivity index (χ3v) is 4.84. The molecule has 0 radical (unpaired) electrons. The van der Waals surface area contributed by atoms with Crippen molar-refractivity contribution < 1.29 is 14.4 Å². The van der Waals surface area contributed by atoms with Crippen molar-refractivity contribution in [3.8, 4) is 0 Å². The van der Waals surface area contributed by atoms with Gasteiger partial charge in [-0.2, -0.15) is 0 Å². The molecule has 1 atom stereocenters. The third-order valence-electron chi connectivity index (χ3n) is 4.84. The topological polar surface area (TPSA) is 103 Å². The van der Waals surface area contributed by atoms with Crippen molar-refractivity contribution in [1.82, 2.24) is 20.9 Å². The van der Waals surface area contributed by atoms with Gasteiger partial charge in [0, 0.05) is 30.1 Å². The fourth-order valence-electron chi connectivity index (χ4n) is 3.17. The minimum absolute atomic E-state index is 0.159. The number of hydrogen-bond donors (Lipinski definition) is 4. The largest absolute Gasteiger partial charge is 0.361 e. The first-order valence-electron chi connectivity index (χ1n) is 9.95. The van der Waals surface area contributed by atoms with E-state index in [1.807, 2.05) is 60.8 Å². The maximum Gasteiger partial charge on any atom is 0.242 e. The number of aromatic amines is 1. The molecule has 0 aliphatic rings. The first-order chi connectivity index (χ1) is 14.5. The molecule has 0 saturated carbocycles. The van der Waals surface area contributed by atoms with Gasteiger partial charge < -0.3 is 20.9 Å². The second-order valence-corrected chi connectivity index (χ2v) is 7.13. The van der Waals surface area contributed by atoms with Crippen molar-refractivity contribution >= 4 is 28.6 Å². The summed E-state index contributed by atoms with van der Waals surface area (Å²) in [7, 11) is 0. The highest BCUT2D eigenvalue weighted by Crippen LogP contribution is 2.17. The molecule has 7 nitrogen and oxygen atoms in total. The van der Waals surface area contributed by atoms with E-state index in [0.717, 1.165) is 22.0 Å². The highest BCUT2D eigenvalue weighted by atomic mass is 16.2. The van der Waals surface area contributed by atoms with Gasteiger partial charge in [0.25, 0.3) is 0 Å². The van der Waals surface area contributed by atoms with E-state index in [1.165, 1.54) is 0 Å². The zero-order valence-electron chi connectivity index (χ0n) is 16.9. The third kappa shape index (κ3) is 5.94. The van der Waals surface area contributed by atoms with Crippen LogP contribution < -0.4 is 16.0 Å². The van der Waals surface area contributed by atoms with E-state index in [2.05, 4.69) is 20.9 Å². The molecule has 4 N–H and O–H groups in total. The smallest absolute Gasteiger partial charge is 0.242 e. The molecule has 0 saturated heterocycles. The summed E-state index contributed by atoms with van der Waals surface area (Å²) >= 11 is 0. The molecule has 0 fully saturated rings. The number of amides is 3. The van der Waals surface area contributed by atoms with Crippen LogP contribution in [0.25, 0.3) is 10.9 Å². The van der Waals surface area contributed by atoms with Gasteiger partial charge in [-0.3, -0.25) is 14.4 Å². The van der Waals surface area contributed by atoms with Crippen molar-refractivity contribution in [1.29, 1.82) is 0 Å². The van der Waals surface area contributed by atoms with Crippen LogP contribution in [0, 0.1) is 0 Å². The summed E-state index contributed by atoms with van der Waals surface area (Å²) in [6, 6.07) is 16.8. The van der Waals surface area contributed by atoms with Crippen LogP contribution in [0.1, 0.15) is 24.5 Å². The van der Waals surface area contributed by atoms with Crippen molar-refractivity contribution in [2.45, 2.75) is 32.4 Å². The molecule has 7 heteroatoms. The van der Waals surface area contributed by atoms with Gasteiger partial charge in [0.05, 0.1) is 6.54 Å². The lowest BCUT2D eigenvalue weighted by Gasteiger charge is -2.15. The molecule has 0 aliphatic carbocycles. The zero-order valence-corrected chi connectivity index (χ0v) is 16.9. The SMILES string of the molecule is CC(NC(=O)CNC(=O)CCc1ccccc1)C(=O)NCc1cccc2[nH]ccc12. The number of H-pyrrole nitrogens is 1. The van der Waals surface area contributed by atoms with Gasteiger partial charge in [-0.1, -0.05) is 42.5 Å². The van der Waals surface area contributed by atoms with E-state index < -0.39 is 11.9 Å². The molecule has 1 unspecified atom stereocenters. The minimum atomic E-state index is -0.704. The van der Waals surface area contributed by atoms with Gasteiger partial charge >= 0.3 is 0 Å². The molecule has 3 aromatic rings. The van der Waals surface area contributed by atoms with Crippen molar-refractivity contribution in [2.75, 3.05) is 6.54 Å². The average Bonchev–Trinajstić information content (AvgIpc) is 3.24. The molecule has 0 aliphatic heterocycles. The van der Waals surface area contributed by atoms with E-state index in [4.69, 9.17) is 0 Å². The van der Waals surface area contributed by atoms with Gasteiger partial charge in [0.2, 0.25) is 17.7 Å². The Balaban J connectivity index is 1.37. The molecular weight excluding hydrogens is 380 g/mol.